The average molecular weight is 332 g/mol. The second kappa shape index (κ2) is 4.61. The van der Waals surface area contributed by atoms with Crippen molar-refractivity contribution >= 4 is 38.5 Å². The first kappa shape index (κ1) is 13.9. The van der Waals surface area contributed by atoms with E-state index in [-0.39, 0.29) is 4.47 Å². The Morgan fingerprint density at radius 1 is 1.41 bits per heavy atom. The number of halogens is 5. The Morgan fingerprint density at radius 2 is 1.94 bits per heavy atom. The second-order valence-corrected chi connectivity index (χ2v) is 4.04. The lowest BCUT2D eigenvalue weighted by molar-refractivity contribution is -0.388. The van der Waals surface area contributed by atoms with Crippen molar-refractivity contribution in [1.29, 1.82) is 0 Å². The lowest BCUT2D eigenvalue weighted by Gasteiger charge is -2.09. The molecule has 0 atom stereocenters. The zero-order valence-electron chi connectivity index (χ0n) is 7.72. The van der Waals surface area contributed by atoms with Gasteiger partial charge in [-0.25, -0.2) is 0 Å². The van der Waals surface area contributed by atoms with Crippen LogP contribution < -0.4 is 0 Å². The fourth-order valence-corrected chi connectivity index (χ4v) is 1.98. The van der Waals surface area contributed by atoms with Gasteiger partial charge in [-0.3, -0.25) is 14.9 Å². The molecule has 0 aromatic heterocycles. The number of alkyl halides is 3. The van der Waals surface area contributed by atoms with E-state index >= 15 is 0 Å². The smallest absolute Gasteiger partial charge is 0.275 e. The number of benzene rings is 1. The number of carbonyl (C=O) groups excluding carboxylic acids is 1. The van der Waals surface area contributed by atoms with Crippen LogP contribution in [0.25, 0.3) is 0 Å². The van der Waals surface area contributed by atoms with Gasteiger partial charge in [-0.2, -0.15) is 13.2 Å². The van der Waals surface area contributed by atoms with Crippen molar-refractivity contribution in [3.63, 3.8) is 0 Å². The molecule has 1 rings (SSSR count). The summed E-state index contributed by atoms with van der Waals surface area (Å²) in [4.78, 5) is 20.3. The average Bonchev–Trinajstić information content (AvgIpc) is 2.14. The van der Waals surface area contributed by atoms with Gasteiger partial charge in [0.15, 0.2) is 0 Å². The molecular formula is C8H2BrClF3NO3. The third-order valence-corrected chi connectivity index (χ3v) is 2.66. The minimum absolute atomic E-state index is 0.169. The van der Waals surface area contributed by atoms with E-state index in [0.29, 0.717) is 6.07 Å². The van der Waals surface area contributed by atoms with Crippen molar-refractivity contribution in [2.24, 2.45) is 0 Å². The summed E-state index contributed by atoms with van der Waals surface area (Å²) >= 11 is 7.78. The maximum Gasteiger partial charge on any atom is 0.423 e. The van der Waals surface area contributed by atoms with Crippen LogP contribution in [-0.4, -0.2) is 10.2 Å². The summed E-state index contributed by atoms with van der Waals surface area (Å²) < 4.78 is 37.4. The highest BCUT2D eigenvalue weighted by Crippen LogP contribution is 2.40. The number of nitro benzene ring substituents is 1. The summed E-state index contributed by atoms with van der Waals surface area (Å²) in [7, 11) is 0. The van der Waals surface area contributed by atoms with E-state index in [0.717, 1.165) is 6.07 Å². The molecule has 0 saturated heterocycles. The van der Waals surface area contributed by atoms with E-state index in [9.17, 15) is 28.1 Å². The molecule has 0 bridgehead atoms. The Morgan fingerprint density at radius 3 is 2.29 bits per heavy atom. The predicted octanol–water partition coefficient (Wildman–Crippen LogP) is 3.76. The fraction of sp³-hybridized carbons (Fsp3) is 0.125. The summed E-state index contributed by atoms with van der Waals surface area (Å²) in [5.41, 5.74) is -3.69. The van der Waals surface area contributed by atoms with Crippen molar-refractivity contribution in [3.8, 4) is 0 Å². The molecule has 1 aromatic rings. The van der Waals surface area contributed by atoms with Crippen molar-refractivity contribution < 1.29 is 22.9 Å². The summed E-state index contributed by atoms with van der Waals surface area (Å²) in [6.07, 6.45) is -4.94. The van der Waals surface area contributed by atoms with Crippen molar-refractivity contribution in [3.05, 3.63) is 37.8 Å². The van der Waals surface area contributed by atoms with Gasteiger partial charge in [-0.1, -0.05) is 0 Å². The van der Waals surface area contributed by atoms with Gasteiger partial charge in [-0.15, -0.1) is 0 Å². The van der Waals surface area contributed by atoms with Crippen LogP contribution in [0.3, 0.4) is 0 Å². The van der Waals surface area contributed by atoms with Crippen molar-refractivity contribution in [2.75, 3.05) is 0 Å². The molecule has 0 fully saturated rings. The third kappa shape index (κ3) is 2.75. The molecule has 92 valence electrons. The number of carbonyl (C=O) groups is 1. The van der Waals surface area contributed by atoms with Gasteiger partial charge in [-0.05, 0) is 39.7 Å². The molecule has 0 aliphatic carbocycles. The van der Waals surface area contributed by atoms with Crippen molar-refractivity contribution in [1.82, 2.24) is 0 Å². The normalized spacial score (nSPS) is 11.4. The minimum atomic E-state index is -4.94. The van der Waals surface area contributed by atoms with Crippen LogP contribution >= 0.6 is 27.5 Å². The lowest BCUT2D eigenvalue weighted by atomic mass is 10.1. The van der Waals surface area contributed by atoms with E-state index < -0.39 is 33.2 Å². The topological polar surface area (TPSA) is 60.2 Å². The number of hydrogen-bond donors (Lipinski definition) is 0. The van der Waals surface area contributed by atoms with E-state index in [4.69, 9.17) is 11.6 Å². The molecule has 0 aliphatic heterocycles. The summed E-state index contributed by atoms with van der Waals surface area (Å²) in [5.74, 6) is 0. The van der Waals surface area contributed by atoms with Crippen molar-refractivity contribution in [2.45, 2.75) is 6.18 Å². The van der Waals surface area contributed by atoms with Gasteiger partial charge in [0.1, 0.15) is 11.1 Å². The van der Waals surface area contributed by atoms with Gasteiger partial charge in [0.25, 0.3) is 10.9 Å². The molecule has 0 spiro atoms. The summed E-state index contributed by atoms with van der Waals surface area (Å²) in [5, 5.41) is 9.28. The van der Waals surface area contributed by atoms with E-state index in [1.807, 2.05) is 0 Å². The largest absolute Gasteiger partial charge is 0.423 e. The van der Waals surface area contributed by atoms with Crippen LogP contribution in [0.5, 0.6) is 0 Å². The molecule has 9 heteroatoms. The predicted molar refractivity (Wildman–Crippen MR) is 56.0 cm³/mol. The van der Waals surface area contributed by atoms with Gasteiger partial charge in [0, 0.05) is 4.47 Å². The molecule has 0 saturated carbocycles. The zero-order chi connectivity index (χ0) is 13.4. The first-order valence-corrected chi connectivity index (χ1v) is 5.07. The van der Waals surface area contributed by atoms with Crippen LogP contribution in [0.1, 0.15) is 15.9 Å². The van der Waals surface area contributed by atoms with Gasteiger partial charge >= 0.3 is 6.18 Å². The molecule has 0 unspecified atom stereocenters. The monoisotopic (exact) mass is 331 g/mol. The Labute approximate surface area is 106 Å². The number of rotatable bonds is 2. The van der Waals surface area contributed by atoms with Crippen LogP contribution in [0.15, 0.2) is 16.6 Å². The minimum Gasteiger partial charge on any atom is -0.275 e. The Bertz CT molecular complexity index is 504. The summed E-state index contributed by atoms with van der Waals surface area (Å²) in [6, 6.07) is 1.39. The molecule has 0 N–H and O–H groups in total. The van der Waals surface area contributed by atoms with Crippen LogP contribution in [0.4, 0.5) is 18.9 Å². The fourth-order valence-electron chi connectivity index (χ4n) is 1.17. The number of nitrogens with zero attached hydrogens (tertiary/aromatic N) is 1. The lowest BCUT2D eigenvalue weighted by Crippen LogP contribution is -2.12. The Hall–Kier alpha value is -1.15. The third-order valence-electron chi connectivity index (χ3n) is 1.81. The van der Waals surface area contributed by atoms with Gasteiger partial charge < -0.3 is 0 Å². The van der Waals surface area contributed by atoms with Gasteiger partial charge in [0.05, 0.1) is 4.92 Å². The second-order valence-electron chi connectivity index (χ2n) is 2.85. The molecular weight excluding hydrogens is 330 g/mol. The van der Waals surface area contributed by atoms with E-state index in [2.05, 4.69) is 15.9 Å². The number of nitro groups is 1. The first-order chi connectivity index (χ1) is 7.66. The molecule has 0 heterocycles. The first-order valence-electron chi connectivity index (χ1n) is 3.90. The highest BCUT2D eigenvalue weighted by Gasteiger charge is 2.41. The maximum atomic E-state index is 12.5. The van der Waals surface area contributed by atoms with E-state index in [1.54, 1.807) is 0 Å². The molecule has 0 radical (unpaired) electrons. The quantitative estimate of drug-likeness (QED) is 0.471. The molecule has 4 nitrogen and oxygen atoms in total. The van der Waals surface area contributed by atoms with Crippen LogP contribution in [0, 0.1) is 10.1 Å². The SMILES string of the molecule is O=C(Cl)c1c(Br)ccc(C(F)(F)F)c1[N+](=O)[O-]. The van der Waals surface area contributed by atoms with Crippen LogP contribution in [0.2, 0.25) is 0 Å². The maximum absolute atomic E-state index is 12.5. The molecule has 0 amide bonds. The molecule has 1 aromatic carbocycles. The standard InChI is InChI=1S/C8H2BrClF3NO3/c9-4-2-1-3(8(11,12)13)6(14(16)17)5(4)7(10)15/h1-2H. The molecule has 0 aliphatic rings. The zero-order valence-corrected chi connectivity index (χ0v) is 10.1. The Balaban J connectivity index is 3.72. The summed E-state index contributed by atoms with van der Waals surface area (Å²) in [6.45, 7) is 0. The number of hydrogen-bond acceptors (Lipinski definition) is 3. The highest BCUT2D eigenvalue weighted by molar-refractivity contribution is 9.10. The highest BCUT2D eigenvalue weighted by atomic mass is 79.9. The molecule has 17 heavy (non-hydrogen) atoms. The van der Waals surface area contributed by atoms with Gasteiger partial charge in [0.2, 0.25) is 0 Å². The van der Waals surface area contributed by atoms with E-state index in [1.165, 1.54) is 0 Å². The van der Waals surface area contributed by atoms with Crippen LogP contribution in [-0.2, 0) is 6.18 Å². The Kier molecular flexibility index (Phi) is 3.78.